The van der Waals surface area contributed by atoms with Gasteiger partial charge in [0.05, 0.1) is 11.9 Å². The molecular formula is C9H15N3O4S. The Kier molecular flexibility index (Phi) is 3.30. The van der Waals surface area contributed by atoms with Gasteiger partial charge in [-0.25, -0.2) is 8.42 Å². The fraction of sp³-hybridized carbons (Fsp3) is 0.556. The van der Waals surface area contributed by atoms with Gasteiger partial charge in [0.2, 0.25) is 10.0 Å². The Labute approximate surface area is 99.5 Å². The molecule has 96 valence electrons. The Morgan fingerprint density at radius 3 is 2.41 bits per heavy atom. The molecule has 1 aromatic rings. The van der Waals surface area contributed by atoms with Crippen LogP contribution in [0.4, 0.5) is 0 Å². The van der Waals surface area contributed by atoms with E-state index in [-0.39, 0.29) is 4.90 Å². The predicted molar refractivity (Wildman–Crippen MR) is 60.0 cm³/mol. The van der Waals surface area contributed by atoms with Crippen LogP contribution in [0.2, 0.25) is 0 Å². The van der Waals surface area contributed by atoms with Crippen molar-refractivity contribution in [3.63, 3.8) is 0 Å². The van der Waals surface area contributed by atoms with Crippen LogP contribution in [0.3, 0.4) is 0 Å². The minimum atomic E-state index is -3.87. The smallest absolute Gasteiger partial charge is 0.324 e. The van der Waals surface area contributed by atoms with Gasteiger partial charge in [0.25, 0.3) is 0 Å². The third-order valence-corrected chi connectivity index (χ3v) is 4.88. The van der Waals surface area contributed by atoms with Crippen LogP contribution in [0.25, 0.3) is 0 Å². The van der Waals surface area contributed by atoms with Gasteiger partial charge in [-0.3, -0.25) is 9.89 Å². The molecule has 7 nitrogen and oxygen atoms in total. The molecule has 0 aliphatic carbocycles. The highest BCUT2D eigenvalue weighted by molar-refractivity contribution is 7.89. The van der Waals surface area contributed by atoms with Gasteiger partial charge in [0, 0.05) is 7.05 Å². The van der Waals surface area contributed by atoms with E-state index >= 15 is 0 Å². The zero-order valence-corrected chi connectivity index (χ0v) is 10.9. The molecule has 0 spiro atoms. The van der Waals surface area contributed by atoms with Crippen molar-refractivity contribution in [3.05, 3.63) is 11.9 Å². The highest BCUT2D eigenvalue weighted by Crippen LogP contribution is 2.24. The average Bonchev–Trinajstić information content (AvgIpc) is 2.63. The lowest BCUT2D eigenvalue weighted by atomic mass is 10.1. The van der Waals surface area contributed by atoms with Crippen molar-refractivity contribution >= 4 is 16.0 Å². The van der Waals surface area contributed by atoms with E-state index < -0.39 is 21.5 Å². The zero-order chi connectivity index (χ0) is 13.4. The summed E-state index contributed by atoms with van der Waals surface area (Å²) in [4.78, 5) is 11.0. The fourth-order valence-corrected chi connectivity index (χ4v) is 2.77. The van der Waals surface area contributed by atoms with E-state index in [0.717, 1.165) is 4.31 Å². The second-order valence-electron chi connectivity index (χ2n) is 4.20. The van der Waals surface area contributed by atoms with Crippen LogP contribution >= 0.6 is 0 Å². The summed E-state index contributed by atoms with van der Waals surface area (Å²) in [7, 11) is -2.64. The highest BCUT2D eigenvalue weighted by Gasteiger charge is 2.40. The predicted octanol–water partition coefficient (Wildman–Crippen LogP) is 0.202. The number of aliphatic carboxylic acids is 1. The summed E-state index contributed by atoms with van der Waals surface area (Å²) >= 11 is 0. The lowest BCUT2D eigenvalue weighted by Gasteiger charge is -2.30. The van der Waals surface area contributed by atoms with Gasteiger partial charge in [-0.15, -0.1) is 0 Å². The summed E-state index contributed by atoms with van der Waals surface area (Å²) in [6.07, 6.45) is 1.17. The number of rotatable bonds is 4. The van der Waals surface area contributed by atoms with Crippen molar-refractivity contribution in [2.45, 2.75) is 31.2 Å². The number of carboxylic acids is 1. The van der Waals surface area contributed by atoms with E-state index in [1.54, 1.807) is 6.92 Å². The maximum Gasteiger partial charge on any atom is 0.324 e. The Balaban J connectivity index is 3.26. The monoisotopic (exact) mass is 261 g/mol. The van der Waals surface area contributed by atoms with E-state index in [1.807, 2.05) is 0 Å². The topological polar surface area (TPSA) is 103 Å². The maximum absolute atomic E-state index is 12.2. The zero-order valence-electron chi connectivity index (χ0n) is 10.1. The second-order valence-corrected chi connectivity index (χ2v) is 6.13. The molecule has 0 fully saturated rings. The van der Waals surface area contributed by atoms with Crippen molar-refractivity contribution < 1.29 is 18.3 Å². The molecule has 1 aromatic heterocycles. The number of sulfonamides is 1. The van der Waals surface area contributed by atoms with Gasteiger partial charge >= 0.3 is 5.97 Å². The first-order valence-electron chi connectivity index (χ1n) is 4.84. The molecule has 2 N–H and O–H groups in total. The summed E-state index contributed by atoms with van der Waals surface area (Å²) in [6.45, 7) is 4.20. The molecule has 0 atom stereocenters. The van der Waals surface area contributed by atoms with Gasteiger partial charge in [0.1, 0.15) is 10.4 Å². The Hall–Kier alpha value is -1.41. The van der Waals surface area contributed by atoms with Crippen LogP contribution in [0.5, 0.6) is 0 Å². The van der Waals surface area contributed by atoms with Gasteiger partial charge in [-0.1, -0.05) is 0 Å². The number of carbonyl (C=O) groups is 1. The Morgan fingerprint density at radius 2 is 2.06 bits per heavy atom. The first kappa shape index (κ1) is 13.7. The summed E-state index contributed by atoms with van der Waals surface area (Å²) in [5, 5.41) is 15.1. The van der Waals surface area contributed by atoms with Crippen molar-refractivity contribution in [3.8, 4) is 0 Å². The molecular weight excluding hydrogens is 246 g/mol. The number of hydrogen-bond acceptors (Lipinski definition) is 4. The summed E-state index contributed by atoms with van der Waals surface area (Å²) in [5.74, 6) is -1.22. The molecule has 0 amide bonds. The van der Waals surface area contributed by atoms with E-state index in [2.05, 4.69) is 10.2 Å². The molecule has 8 heteroatoms. The SMILES string of the molecule is Cc1[nH]ncc1S(=O)(=O)N(C)C(C)(C)C(=O)O. The molecule has 0 aliphatic heterocycles. The van der Waals surface area contributed by atoms with Crippen molar-refractivity contribution in [1.82, 2.24) is 14.5 Å². The standard InChI is InChI=1S/C9H15N3O4S/c1-6-7(5-10-11-6)17(15,16)12(4)9(2,3)8(13)14/h5H,1-4H3,(H,10,11)(H,13,14). The molecule has 0 unspecified atom stereocenters. The Morgan fingerprint density at radius 1 is 1.53 bits per heavy atom. The average molecular weight is 261 g/mol. The van der Waals surface area contributed by atoms with E-state index in [9.17, 15) is 13.2 Å². The van der Waals surface area contributed by atoms with Gasteiger partial charge in [-0.05, 0) is 20.8 Å². The van der Waals surface area contributed by atoms with Crippen LogP contribution in [-0.4, -0.2) is 46.6 Å². The van der Waals surface area contributed by atoms with Crippen LogP contribution in [0, 0.1) is 6.92 Å². The van der Waals surface area contributed by atoms with Crippen LogP contribution < -0.4 is 0 Å². The first-order valence-corrected chi connectivity index (χ1v) is 6.28. The lowest BCUT2D eigenvalue weighted by Crippen LogP contribution is -2.50. The molecule has 1 heterocycles. The van der Waals surface area contributed by atoms with Crippen LogP contribution in [0.15, 0.2) is 11.1 Å². The quantitative estimate of drug-likeness (QED) is 0.806. The second kappa shape index (κ2) is 4.11. The van der Waals surface area contributed by atoms with E-state index in [0.29, 0.717) is 5.69 Å². The third-order valence-electron chi connectivity index (χ3n) is 2.73. The lowest BCUT2D eigenvalue weighted by molar-refractivity contribution is -0.145. The third kappa shape index (κ3) is 2.18. The number of H-pyrrole nitrogens is 1. The number of nitrogens with one attached hydrogen (secondary N) is 1. The summed E-state index contributed by atoms with van der Waals surface area (Å²) in [6, 6.07) is 0. The van der Waals surface area contributed by atoms with Crippen molar-refractivity contribution in [1.29, 1.82) is 0 Å². The fourth-order valence-electron chi connectivity index (χ4n) is 1.18. The number of likely N-dealkylation sites (N-methyl/N-ethyl adjacent to an activating group) is 1. The molecule has 0 bridgehead atoms. The largest absolute Gasteiger partial charge is 0.480 e. The normalized spacial score (nSPS) is 13.0. The number of aromatic amines is 1. The molecule has 0 saturated carbocycles. The van der Waals surface area contributed by atoms with E-state index in [4.69, 9.17) is 5.11 Å². The van der Waals surface area contributed by atoms with E-state index in [1.165, 1.54) is 27.1 Å². The number of carboxylic acid groups (broad SMARTS) is 1. The number of aryl methyl sites for hydroxylation is 1. The van der Waals surface area contributed by atoms with Crippen LogP contribution in [0.1, 0.15) is 19.5 Å². The first-order chi connectivity index (χ1) is 7.61. The van der Waals surface area contributed by atoms with Gasteiger partial charge in [-0.2, -0.15) is 9.40 Å². The van der Waals surface area contributed by atoms with Gasteiger partial charge in [0.15, 0.2) is 0 Å². The van der Waals surface area contributed by atoms with Gasteiger partial charge < -0.3 is 5.11 Å². The maximum atomic E-state index is 12.2. The summed E-state index contributed by atoms with van der Waals surface area (Å²) in [5.41, 5.74) is -1.15. The Bertz CT molecular complexity index is 532. The number of aromatic nitrogens is 2. The highest BCUT2D eigenvalue weighted by atomic mass is 32.2. The minimum absolute atomic E-state index is 0.0191. The number of hydrogen-bond donors (Lipinski definition) is 2. The van der Waals surface area contributed by atoms with Crippen molar-refractivity contribution in [2.75, 3.05) is 7.05 Å². The molecule has 0 aromatic carbocycles. The molecule has 0 saturated heterocycles. The minimum Gasteiger partial charge on any atom is -0.480 e. The molecule has 0 radical (unpaired) electrons. The van der Waals surface area contributed by atoms with Crippen molar-refractivity contribution in [2.24, 2.45) is 0 Å². The molecule has 1 rings (SSSR count). The number of nitrogens with zero attached hydrogens (tertiary/aromatic N) is 2. The molecule has 17 heavy (non-hydrogen) atoms. The molecule has 0 aliphatic rings. The van der Waals surface area contributed by atoms with Crippen LogP contribution in [-0.2, 0) is 14.8 Å². The summed E-state index contributed by atoms with van der Waals surface area (Å²) < 4.78 is 25.2.